The van der Waals surface area contributed by atoms with Crippen molar-refractivity contribution in [2.45, 2.75) is 30.1 Å². The quantitative estimate of drug-likeness (QED) is 0.329. The summed E-state index contributed by atoms with van der Waals surface area (Å²) in [5, 5.41) is 12.4. The molecule has 1 amide bonds. The number of aliphatic hydroxyl groups is 1. The van der Waals surface area contributed by atoms with E-state index in [1.54, 1.807) is 30.7 Å². The molecule has 2 N–H and O–H groups in total. The van der Waals surface area contributed by atoms with Gasteiger partial charge in [-0.25, -0.2) is 8.42 Å². The summed E-state index contributed by atoms with van der Waals surface area (Å²) < 4.78 is 49.6. The molecule has 0 spiro atoms. The van der Waals surface area contributed by atoms with Crippen LogP contribution in [0.2, 0.25) is 0 Å². The summed E-state index contributed by atoms with van der Waals surface area (Å²) in [6, 6.07) is 17.3. The molecule has 0 saturated heterocycles. The summed E-state index contributed by atoms with van der Waals surface area (Å²) >= 11 is 0. The Labute approximate surface area is 227 Å². The first-order valence-corrected chi connectivity index (χ1v) is 13.9. The fourth-order valence-electron chi connectivity index (χ4n) is 4.15. The molecule has 1 aliphatic rings. The summed E-state index contributed by atoms with van der Waals surface area (Å²) in [6.07, 6.45) is 4.50. The van der Waals surface area contributed by atoms with E-state index in [0.29, 0.717) is 18.7 Å². The fourth-order valence-corrected chi connectivity index (χ4v) is 5.56. The molecule has 2 heterocycles. The van der Waals surface area contributed by atoms with Gasteiger partial charge in [-0.1, -0.05) is 30.3 Å². The van der Waals surface area contributed by atoms with Crippen LogP contribution in [0.4, 0.5) is 0 Å². The number of ether oxygens (including phenoxy) is 3. The van der Waals surface area contributed by atoms with Gasteiger partial charge < -0.3 is 29.1 Å². The van der Waals surface area contributed by atoms with E-state index in [1.807, 2.05) is 36.4 Å². The molecular formula is C28H32N2O8S. The van der Waals surface area contributed by atoms with Gasteiger partial charge in [0.05, 0.1) is 37.7 Å². The fraction of sp³-hybridized carbons (Fsp3) is 0.321. The summed E-state index contributed by atoms with van der Waals surface area (Å²) in [5.74, 6) is 0.0666. The predicted molar refractivity (Wildman–Crippen MR) is 142 cm³/mol. The normalized spacial score (nSPS) is 17.4. The van der Waals surface area contributed by atoms with Gasteiger partial charge in [-0.2, -0.15) is 4.31 Å². The van der Waals surface area contributed by atoms with Gasteiger partial charge in [0.2, 0.25) is 16.3 Å². The molecule has 1 aromatic heterocycles. The van der Waals surface area contributed by atoms with E-state index in [9.17, 15) is 18.3 Å². The van der Waals surface area contributed by atoms with Gasteiger partial charge in [0.15, 0.2) is 5.76 Å². The van der Waals surface area contributed by atoms with Gasteiger partial charge in [0.1, 0.15) is 5.75 Å². The van der Waals surface area contributed by atoms with Gasteiger partial charge in [-0.3, -0.25) is 4.79 Å². The summed E-state index contributed by atoms with van der Waals surface area (Å²) in [7, 11) is -2.39. The van der Waals surface area contributed by atoms with Crippen molar-refractivity contribution in [1.29, 1.82) is 0 Å². The van der Waals surface area contributed by atoms with Crippen molar-refractivity contribution >= 4 is 15.9 Å². The van der Waals surface area contributed by atoms with Gasteiger partial charge in [0, 0.05) is 32.0 Å². The highest BCUT2D eigenvalue weighted by atomic mass is 32.2. The van der Waals surface area contributed by atoms with Crippen LogP contribution in [0.25, 0.3) is 0 Å². The standard InChI is InChI=1S/C28H32N2O8S/c1-35-24-7-9-25(10-8-24)39(33,34)30(12-14-31)13-16-37-27-18-23(22-11-15-36-20-22)17-26(38-27)28(32)29-19-21-5-3-2-4-6-21/h2-11,15,17,20,23,27,31H,12-14,16,18-19H2,1H3,(H,29,32)/t23-,27?/m0/s1. The Balaban J connectivity index is 1.41. The average Bonchev–Trinajstić information content (AvgIpc) is 3.51. The van der Waals surface area contributed by atoms with E-state index in [-0.39, 0.29) is 48.8 Å². The van der Waals surface area contributed by atoms with Crippen LogP contribution in [-0.4, -0.2) is 63.4 Å². The lowest BCUT2D eigenvalue weighted by atomic mass is 9.95. The highest BCUT2D eigenvalue weighted by molar-refractivity contribution is 7.89. The van der Waals surface area contributed by atoms with Crippen LogP contribution in [0.1, 0.15) is 23.5 Å². The van der Waals surface area contributed by atoms with E-state index in [2.05, 4.69) is 5.32 Å². The minimum atomic E-state index is -3.89. The van der Waals surface area contributed by atoms with Crippen LogP contribution < -0.4 is 10.1 Å². The first-order valence-electron chi connectivity index (χ1n) is 12.5. The topological polar surface area (TPSA) is 128 Å². The lowest BCUT2D eigenvalue weighted by Crippen LogP contribution is -2.38. The highest BCUT2D eigenvalue weighted by Gasteiger charge is 2.30. The Morgan fingerprint density at radius 3 is 2.54 bits per heavy atom. The van der Waals surface area contributed by atoms with E-state index in [0.717, 1.165) is 15.4 Å². The van der Waals surface area contributed by atoms with Crippen molar-refractivity contribution < 1.29 is 36.9 Å². The Bertz CT molecular complexity index is 1330. The number of methoxy groups -OCH3 is 1. The van der Waals surface area contributed by atoms with E-state index < -0.39 is 16.3 Å². The average molecular weight is 557 g/mol. The van der Waals surface area contributed by atoms with Gasteiger partial charge >= 0.3 is 0 Å². The van der Waals surface area contributed by atoms with Gasteiger partial charge in [0.25, 0.3) is 5.91 Å². The summed E-state index contributed by atoms with van der Waals surface area (Å²) in [5.41, 5.74) is 1.81. The van der Waals surface area contributed by atoms with Crippen molar-refractivity contribution in [3.8, 4) is 5.75 Å². The van der Waals surface area contributed by atoms with Crippen molar-refractivity contribution in [3.05, 3.63) is 96.2 Å². The molecule has 0 radical (unpaired) electrons. The largest absolute Gasteiger partial charge is 0.497 e. The second kappa shape index (κ2) is 13.4. The first kappa shape index (κ1) is 28.4. The Morgan fingerprint density at radius 1 is 1.10 bits per heavy atom. The number of allylic oxidation sites excluding steroid dienone is 1. The minimum Gasteiger partial charge on any atom is -0.497 e. The smallest absolute Gasteiger partial charge is 0.286 e. The molecule has 0 saturated carbocycles. The molecule has 0 fully saturated rings. The second-order valence-corrected chi connectivity index (χ2v) is 10.8. The van der Waals surface area contributed by atoms with Crippen LogP contribution in [-0.2, 0) is 30.8 Å². The monoisotopic (exact) mass is 556 g/mol. The Hall–Kier alpha value is -3.64. The lowest BCUT2D eigenvalue weighted by molar-refractivity contribution is -0.146. The molecule has 0 bridgehead atoms. The first-order chi connectivity index (χ1) is 18.9. The Morgan fingerprint density at radius 2 is 1.87 bits per heavy atom. The number of hydrogen-bond acceptors (Lipinski definition) is 8. The van der Waals surface area contributed by atoms with Crippen molar-refractivity contribution in [3.63, 3.8) is 0 Å². The molecular weight excluding hydrogens is 524 g/mol. The Kier molecular flexibility index (Phi) is 9.77. The maximum atomic E-state index is 13.2. The van der Waals surface area contributed by atoms with Gasteiger partial charge in [-0.05, 0) is 47.5 Å². The zero-order valence-corrected chi connectivity index (χ0v) is 22.4. The van der Waals surface area contributed by atoms with Crippen molar-refractivity contribution in [1.82, 2.24) is 9.62 Å². The van der Waals surface area contributed by atoms with E-state index in [4.69, 9.17) is 18.6 Å². The number of nitrogens with zero attached hydrogens (tertiary/aromatic N) is 1. The molecule has 10 nitrogen and oxygen atoms in total. The lowest BCUT2D eigenvalue weighted by Gasteiger charge is -2.29. The third-order valence-electron chi connectivity index (χ3n) is 6.24. The number of benzene rings is 2. The number of furan rings is 1. The maximum absolute atomic E-state index is 13.2. The number of nitrogens with one attached hydrogen (secondary N) is 1. The van der Waals surface area contributed by atoms with Crippen LogP contribution in [0.3, 0.4) is 0 Å². The summed E-state index contributed by atoms with van der Waals surface area (Å²) in [6.45, 7) is -0.163. The number of rotatable bonds is 13. The van der Waals surface area contributed by atoms with E-state index >= 15 is 0 Å². The number of sulfonamides is 1. The minimum absolute atomic E-state index is 0.0168. The predicted octanol–water partition coefficient (Wildman–Crippen LogP) is 3.02. The molecule has 11 heteroatoms. The zero-order chi connectivity index (χ0) is 27.7. The van der Waals surface area contributed by atoms with Crippen LogP contribution in [0, 0.1) is 0 Å². The number of amides is 1. The molecule has 208 valence electrons. The SMILES string of the molecule is COc1ccc(S(=O)(=O)N(CCO)CCOC2C[C@@H](c3ccoc3)C=C(C(=O)NCc3ccccc3)O2)cc1. The molecule has 0 aliphatic carbocycles. The van der Waals surface area contributed by atoms with Crippen LogP contribution in [0.5, 0.6) is 5.75 Å². The van der Waals surface area contributed by atoms with Gasteiger partial charge in [-0.15, -0.1) is 0 Å². The highest BCUT2D eigenvalue weighted by Crippen LogP contribution is 2.32. The zero-order valence-electron chi connectivity index (χ0n) is 21.6. The van der Waals surface area contributed by atoms with Crippen molar-refractivity contribution in [2.24, 2.45) is 0 Å². The molecule has 2 aromatic carbocycles. The summed E-state index contributed by atoms with van der Waals surface area (Å²) in [4.78, 5) is 13.0. The maximum Gasteiger partial charge on any atom is 0.286 e. The van der Waals surface area contributed by atoms with Crippen molar-refractivity contribution in [2.75, 3.05) is 33.4 Å². The molecule has 1 aliphatic heterocycles. The van der Waals surface area contributed by atoms with Crippen LogP contribution >= 0.6 is 0 Å². The number of aliphatic hydroxyl groups excluding tert-OH is 1. The third kappa shape index (κ3) is 7.48. The van der Waals surface area contributed by atoms with E-state index in [1.165, 1.54) is 19.2 Å². The number of carbonyl (C=O) groups is 1. The molecule has 3 aromatic rings. The second-order valence-electron chi connectivity index (χ2n) is 8.82. The number of carbonyl (C=O) groups excluding carboxylic acids is 1. The molecule has 2 atom stereocenters. The third-order valence-corrected chi connectivity index (χ3v) is 8.15. The molecule has 4 rings (SSSR count). The van der Waals surface area contributed by atoms with Crippen LogP contribution in [0.15, 0.2) is 94.3 Å². The number of hydrogen-bond donors (Lipinski definition) is 2. The molecule has 39 heavy (non-hydrogen) atoms. The molecule has 1 unspecified atom stereocenters.